The van der Waals surface area contributed by atoms with Gasteiger partial charge in [-0.05, 0) is 35.9 Å². The number of rotatable bonds is 12. The number of carboxylic acid groups (broad SMARTS) is 1. The number of carbonyl (C=O) groups is 2. The Bertz CT molecular complexity index is 1170. The van der Waals surface area contributed by atoms with E-state index >= 15 is 0 Å². The van der Waals surface area contributed by atoms with Gasteiger partial charge in [0.25, 0.3) is 10.0 Å². The van der Waals surface area contributed by atoms with E-state index in [9.17, 15) is 23.1 Å². The average molecular weight is 514 g/mol. The lowest BCUT2D eigenvalue weighted by molar-refractivity contribution is -0.140. The topological polar surface area (TPSA) is 137 Å². The minimum atomic E-state index is -4.06. The quantitative estimate of drug-likeness (QED) is 0.408. The normalized spacial score (nSPS) is 12.1. The monoisotopic (exact) mass is 513 g/mol. The van der Waals surface area contributed by atoms with Gasteiger partial charge in [-0.2, -0.15) is 0 Å². The van der Waals surface area contributed by atoms with Gasteiger partial charge >= 0.3 is 5.97 Å². The molecular formula is C22H24ClNO9S. The summed E-state index contributed by atoms with van der Waals surface area (Å²) in [4.78, 5) is 23.0. The van der Waals surface area contributed by atoms with Crippen molar-refractivity contribution in [3.05, 3.63) is 46.9 Å². The molecule has 0 aromatic heterocycles. The number of hydrogen-bond acceptors (Lipinski definition) is 8. The van der Waals surface area contributed by atoms with Crippen molar-refractivity contribution in [1.82, 2.24) is 0 Å². The van der Waals surface area contributed by atoms with Crippen molar-refractivity contribution in [2.24, 2.45) is 0 Å². The number of hydrogen-bond donors (Lipinski definition) is 2. The Morgan fingerprint density at radius 1 is 1.00 bits per heavy atom. The van der Waals surface area contributed by atoms with Crippen LogP contribution in [0.3, 0.4) is 0 Å². The molecule has 0 spiro atoms. The lowest BCUT2D eigenvalue weighted by Gasteiger charge is -2.16. The van der Waals surface area contributed by atoms with E-state index in [4.69, 9.17) is 30.5 Å². The summed E-state index contributed by atoms with van der Waals surface area (Å²) >= 11 is 5.38. The van der Waals surface area contributed by atoms with Crippen LogP contribution in [-0.4, -0.2) is 53.2 Å². The molecule has 0 bridgehead atoms. The molecule has 2 aromatic carbocycles. The fraction of sp³-hybridized carbons (Fsp3) is 0.273. The van der Waals surface area contributed by atoms with Crippen molar-refractivity contribution in [3.63, 3.8) is 0 Å². The van der Waals surface area contributed by atoms with Crippen LogP contribution >= 0.6 is 11.6 Å². The minimum Gasteiger partial charge on any atom is -0.496 e. The number of benzene rings is 2. The Labute approximate surface area is 202 Å². The Morgan fingerprint density at radius 3 is 2.06 bits per heavy atom. The summed E-state index contributed by atoms with van der Waals surface area (Å²) < 4.78 is 48.7. The maximum absolute atomic E-state index is 12.7. The Hall–Kier alpha value is -3.44. The van der Waals surface area contributed by atoms with E-state index in [2.05, 4.69) is 4.72 Å². The summed E-state index contributed by atoms with van der Waals surface area (Å²) in [5.74, 6) is -1.37. The summed E-state index contributed by atoms with van der Waals surface area (Å²) in [5, 5.41) is 9.56. The predicted molar refractivity (Wildman–Crippen MR) is 127 cm³/mol. The van der Waals surface area contributed by atoms with Gasteiger partial charge < -0.3 is 24.1 Å². The van der Waals surface area contributed by atoms with Crippen LogP contribution in [0, 0.1) is 0 Å². The number of methoxy groups -OCH3 is 4. The van der Waals surface area contributed by atoms with E-state index in [-0.39, 0.29) is 17.0 Å². The highest BCUT2D eigenvalue weighted by atomic mass is 35.5. The SMILES string of the molecule is COc1cc(OC)c(/C=C/S(=O)(=O)Nc2ccc(OC)c(C(CC(=O)Cl)C(=O)O)c2)c(OC)c1. The lowest BCUT2D eigenvalue weighted by atomic mass is 9.95. The smallest absolute Gasteiger partial charge is 0.311 e. The fourth-order valence-corrected chi connectivity index (χ4v) is 4.11. The molecule has 184 valence electrons. The number of carboxylic acids is 1. The van der Waals surface area contributed by atoms with Gasteiger partial charge in [0.2, 0.25) is 5.24 Å². The zero-order valence-electron chi connectivity index (χ0n) is 18.8. The van der Waals surface area contributed by atoms with Gasteiger partial charge in [0.15, 0.2) is 0 Å². The van der Waals surface area contributed by atoms with Crippen LogP contribution < -0.4 is 23.7 Å². The summed E-state index contributed by atoms with van der Waals surface area (Å²) in [6.07, 6.45) is 0.788. The van der Waals surface area contributed by atoms with Gasteiger partial charge in [0.1, 0.15) is 23.0 Å². The first-order chi connectivity index (χ1) is 16.0. The third-order valence-corrected chi connectivity index (χ3v) is 5.86. The molecule has 0 aliphatic rings. The van der Waals surface area contributed by atoms with Crippen LogP contribution in [0.1, 0.15) is 23.5 Å². The first-order valence-electron chi connectivity index (χ1n) is 9.65. The van der Waals surface area contributed by atoms with Gasteiger partial charge in [-0.15, -0.1) is 0 Å². The van der Waals surface area contributed by atoms with Crippen molar-refractivity contribution in [2.45, 2.75) is 12.3 Å². The third-order valence-electron chi connectivity index (χ3n) is 4.69. The van der Waals surface area contributed by atoms with Crippen molar-refractivity contribution < 1.29 is 42.1 Å². The highest BCUT2D eigenvalue weighted by Crippen LogP contribution is 2.36. The Morgan fingerprint density at radius 2 is 1.59 bits per heavy atom. The van der Waals surface area contributed by atoms with Crippen molar-refractivity contribution >= 4 is 44.6 Å². The van der Waals surface area contributed by atoms with Crippen LogP contribution in [0.4, 0.5) is 5.69 Å². The molecule has 0 radical (unpaired) electrons. The first-order valence-corrected chi connectivity index (χ1v) is 11.6. The van der Waals surface area contributed by atoms with Crippen LogP contribution in [0.5, 0.6) is 23.0 Å². The Balaban J connectivity index is 2.42. The number of halogens is 1. The second-order valence-electron chi connectivity index (χ2n) is 6.80. The van der Waals surface area contributed by atoms with Gasteiger partial charge in [-0.1, -0.05) is 0 Å². The molecule has 2 N–H and O–H groups in total. The molecule has 1 unspecified atom stereocenters. The molecular weight excluding hydrogens is 490 g/mol. The van der Waals surface area contributed by atoms with E-state index < -0.39 is 33.6 Å². The molecule has 0 heterocycles. The van der Waals surface area contributed by atoms with Crippen molar-refractivity contribution in [3.8, 4) is 23.0 Å². The molecule has 12 heteroatoms. The van der Waals surface area contributed by atoms with Crippen LogP contribution in [-0.2, 0) is 19.6 Å². The number of anilines is 1. The second kappa shape index (κ2) is 11.6. The molecule has 0 aliphatic heterocycles. The molecule has 10 nitrogen and oxygen atoms in total. The van der Waals surface area contributed by atoms with E-state index in [0.29, 0.717) is 22.8 Å². The zero-order valence-corrected chi connectivity index (χ0v) is 20.4. The Kier molecular flexibility index (Phi) is 9.16. The lowest BCUT2D eigenvalue weighted by Crippen LogP contribution is -2.16. The largest absolute Gasteiger partial charge is 0.496 e. The van der Waals surface area contributed by atoms with Crippen LogP contribution in [0.15, 0.2) is 35.7 Å². The maximum atomic E-state index is 12.7. The average Bonchev–Trinajstić information content (AvgIpc) is 2.79. The van der Waals surface area contributed by atoms with Gasteiger partial charge in [-0.25, -0.2) is 8.42 Å². The highest BCUT2D eigenvalue weighted by molar-refractivity contribution is 7.95. The maximum Gasteiger partial charge on any atom is 0.311 e. The molecule has 0 amide bonds. The van der Waals surface area contributed by atoms with Crippen LogP contribution in [0.2, 0.25) is 0 Å². The molecule has 1 atom stereocenters. The number of aliphatic carboxylic acids is 1. The van der Waals surface area contributed by atoms with E-state index in [0.717, 1.165) is 5.41 Å². The summed E-state index contributed by atoms with van der Waals surface area (Å²) in [5.41, 5.74) is 0.507. The summed E-state index contributed by atoms with van der Waals surface area (Å²) in [6.45, 7) is 0. The van der Waals surface area contributed by atoms with E-state index in [1.54, 1.807) is 12.1 Å². The molecule has 34 heavy (non-hydrogen) atoms. The molecule has 0 saturated carbocycles. The number of carbonyl (C=O) groups excluding carboxylic acids is 1. The molecule has 0 saturated heterocycles. The van der Waals surface area contributed by atoms with Crippen molar-refractivity contribution in [1.29, 1.82) is 0 Å². The minimum absolute atomic E-state index is 0.0578. The van der Waals surface area contributed by atoms with Crippen LogP contribution in [0.25, 0.3) is 6.08 Å². The zero-order chi connectivity index (χ0) is 25.5. The first kappa shape index (κ1) is 26.8. The number of sulfonamides is 1. The second-order valence-corrected chi connectivity index (χ2v) is 8.79. The fourth-order valence-electron chi connectivity index (χ4n) is 3.11. The number of ether oxygens (including phenoxy) is 4. The standard InChI is InChI=1S/C22H24ClNO9S/c1-30-14-10-19(32-3)15(20(11-14)33-4)7-8-34(28,29)24-13-5-6-18(31-2)16(9-13)17(22(26)27)12-21(23)25/h5-11,17,24H,12H2,1-4H3,(H,26,27)/b8-7+. The molecule has 0 aliphatic carbocycles. The number of nitrogens with one attached hydrogen (secondary N) is 1. The third kappa shape index (κ3) is 6.78. The van der Waals surface area contributed by atoms with E-state index in [1.807, 2.05) is 0 Å². The van der Waals surface area contributed by atoms with E-state index in [1.165, 1.54) is 52.7 Å². The molecule has 0 fully saturated rings. The molecule has 2 rings (SSSR count). The molecule has 2 aromatic rings. The van der Waals surface area contributed by atoms with Gasteiger partial charge in [0, 0.05) is 29.8 Å². The van der Waals surface area contributed by atoms with Crippen molar-refractivity contribution in [2.75, 3.05) is 33.2 Å². The summed E-state index contributed by atoms with van der Waals surface area (Å²) in [7, 11) is 1.57. The van der Waals surface area contributed by atoms with Gasteiger partial charge in [-0.3, -0.25) is 14.3 Å². The van der Waals surface area contributed by atoms with Gasteiger partial charge in [0.05, 0.1) is 45.3 Å². The summed E-state index contributed by atoms with van der Waals surface area (Å²) in [6, 6.07) is 7.20. The predicted octanol–water partition coefficient (Wildman–Crippen LogP) is 3.46. The highest BCUT2D eigenvalue weighted by Gasteiger charge is 2.26.